The zero-order chi connectivity index (χ0) is 8.15. The van der Waals surface area contributed by atoms with Crippen molar-refractivity contribution in [2.24, 2.45) is 0 Å². The predicted molar refractivity (Wildman–Crippen MR) is 53.5 cm³/mol. The van der Waals surface area contributed by atoms with E-state index >= 15 is 0 Å². The van der Waals surface area contributed by atoms with Crippen LogP contribution in [0.4, 0.5) is 0 Å². The molecule has 1 aliphatic heterocycles. The molecule has 0 nitrogen and oxygen atoms in total. The Kier molecular flexibility index (Phi) is 1.54. The van der Waals surface area contributed by atoms with E-state index in [0.717, 1.165) is 0 Å². The summed E-state index contributed by atoms with van der Waals surface area (Å²) in [5, 5.41) is 1.80. The molecule has 0 unspecified atom stereocenters. The molecular formula is C8H18Si2. The molecule has 0 N–H and O–H groups in total. The van der Waals surface area contributed by atoms with Crippen LogP contribution >= 0.6 is 0 Å². The van der Waals surface area contributed by atoms with E-state index in [1.165, 1.54) is 0 Å². The first-order chi connectivity index (χ1) is 4.28. The van der Waals surface area contributed by atoms with Crippen LogP contribution in [0, 0.1) is 0 Å². The van der Waals surface area contributed by atoms with E-state index in [9.17, 15) is 0 Å². The maximum Gasteiger partial charge on any atom is 0.0966 e. The second kappa shape index (κ2) is 1.86. The van der Waals surface area contributed by atoms with E-state index in [1.54, 1.807) is 5.20 Å². The van der Waals surface area contributed by atoms with Gasteiger partial charge in [-0.3, -0.25) is 0 Å². The lowest BCUT2D eigenvalue weighted by atomic mass is 10.8. The molecule has 2 heteroatoms. The Morgan fingerprint density at radius 3 is 1.40 bits per heavy atom. The summed E-state index contributed by atoms with van der Waals surface area (Å²) in [5.74, 6) is 0. The third kappa shape index (κ3) is 1.03. The quantitative estimate of drug-likeness (QED) is 0.531. The summed E-state index contributed by atoms with van der Waals surface area (Å²) in [4.78, 5) is 1.93. The maximum absolute atomic E-state index is 2.48. The Morgan fingerprint density at radius 2 is 1.40 bits per heavy atom. The average molecular weight is 170 g/mol. The van der Waals surface area contributed by atoms with E-state index < -0.39 is 16.1 Å². The van der Waals surface area contributed by atoms with Crippen molar-refractivity contribution in [3.8, 4) is 0 Å². The highest BCUT2D eigenvalue weighted by Gasteiger charge is 2.49. The topological polar surface area (TPSA) is 0 Å². The molecular weight excluding hydrogens is 152 g/mol. The molecule has 1 heterocycles. The first-order valence-electron chi connectivity index (χ1n) is 4.00. The maximum atomic E-state index is 2.48. The van der Waals surface area contributed by atoms with Crippen LogP contribution in [-0.4, -0.2) is 16.1 Å². The van der Waals surface area contributed by atoms with Gasteiger partial charge in [0.05, 0.1) is 16.1 Å². The Bertz CT molecular complexity index is 194. The minimum atomic E-state index is -0.881. The molecule has 0 aromatic carbocycles. The van der Waals surface area contributed by atoms with Gasteiger partial charge in [0.1, 0.15) is 0 Å². The Labute approximate surface area is 66.4 Å². The lowest BCUT2D eigenvalue weighted by Gasteiger charge is -2.15. The lowest BCUT2D eigenvalue weighted by Crippen LogP contribution is -2.27. The molecule has 0 saturated carbocycles. The number of hydrogen-bond donors (Lipinski definition) is 0. The van der Waals surface area contributed by atoms with Crippen molar-refractivity contribution in [2.45, 2.75) is 39.7 Å². The third-order valence-corrected chi connectivity index (χ3v) is 12.4. The van der Waals surface area contributed by atoms with Crippen LogP contribution in [0.1, 0.15) is 6.92 Å². The molecule has 0 fully saturated rings. The van der Waals surface area contributed by atoms with Crippen molar-refractivity contribution < 1.29 is 0 Å². The van der Waals surface area contributed by atoms with Gasteiger partial charge in [-0.1, -0.05) is 42.8 Å². The third-order valence-electron chi connectivity index (χ3n) is 2.62. The molecule has 0 amide bonds. The lowest BCUT2D eigenvalue weighted by molar-refractivity contribution is 1.69. The van der Waals surface area contributed by atoms with Crippen LogP contribution in [0.15, 0.2) is 10.0 Å². The van der Waals surface area contributed by atoms with Gasteiger partial charge in [-0.05, 0) is 6.92 Å². The second-order valence-electron chi connectivity index (χ2n) is 4.88. The summed E-state index contributed by atoms with van der Waals surface area (Å²) in [6.45, 7) is 14.7. The standard InChI is InChI=1S/C8H18Si2/c1-7-8(9(2,3)4)10(7,5)6/h1-6H3. The van der Waals surface area contributed by atoms with Crippen molar-refractivity contribution in [1.29, 1.82) is 0 Å². The van der Waals surface area contributed by atoms with E-state index in [2.05, 4.69) is 39.7 Å². The van der Waals surface area contributed by atoms with Crippen molar-refractivity contribution in [3.05, 3.63) is 10.0 Å². The highest BCUT2D eigenvalue weighted by atomic mass is 28.4. The molecule has 1 rings (SSSR count). The van der Waals surface area contributed by atoms with Crippen LogP contribution < -0.4 is 0 Å². The van der Waals surface area contributed by atoms with E-state index in [-0.39, 0.29) is 0 Å². The van der Waals surface area contributed by atoms with E-state index in [4.69, 9.17) is 0 Å². The van der Waals surface area contributed by atoms with Crippen molar-refractivity contribution in [1.82, 2.24) is 0 Å². The van der Waals surface area contributed by atoms with Crippen LogP contribution in [0.2, 0.25) is 32.7 Å². The van der Waals surface area contributed by atoms with Gasteiger partial charge in [0.25, 0.3) is 0 Å². The highest BCUT2D eigenvalue weighted by Crippen LogP contribution is 2.46. The van der Waals surface area contributed by atoms with Crippen LogP contribution in [0.25, 0.3) is 0 Å². The normalized spacial score (nSPS) is 23.4. The van der Waals surface area contributed by atoms with Gasteiger partial charge in [-0.25, -0.2) is 0 Å². The van der Waals surface area contributed by atoms with Crippen molar-refractivity contribution >= 4 is 16.1 Å². The highest BCUT2D eigenvalue weighted by molar-refractivity contribution is 7.17. The predicted octanol–water partition coefficient (Wildman–Crippen LogP) is 2.98. The first-order valence-corrected chi connectivity index (χ1v) is 10.5. The minimum Gasteiger partial charge on any atom is -0.0912 e. The fourth-order valence-electron chi connectivity index (χ4n) is 2.16. The number of rotatable bonds is 1. The number of allylic oxidation sites excluding steroid dienone is 1. The summed E-state index contributed by atoms with van der Waals surface area (Å²) < 4.78 is 0. The summed E-state index contributed by atoms with van der Waals surface area (Å²) in [5.41, 5.74) is 0. The largest absolute Gasteiger partial charge is 0.0966 e. The van der Waals surface area contributed by atoms with Crippen LogP contribution in [0.5, 0.6) is 0 Å². The number of hydrogen-bond acceptors (Lipinski definition) is 0. The SMILES string of the molecule is CC1=C([Si](C)(C)C)[Si]1(C)C. The molecule has 0 aliphatic carbocycles. The zero-order valence-corrected chi connectivity index (χ0v) is 10.0. The average Bonchev–Trinajstić information content (AvgIpc) is 2.03. The second-order valence-corrected chi connectivity index (χ2v) is 14.9. The van der Waals surface area contributed by atoms with E-state index in [0.29, 0.717) is 0 Å². The molecule has 0 aromatic rings. The summed E-state index contributed by atoms with van der Waals surface area (Å²) >= 11 is 0. The molecule has 0 radical (unpaired) electrons. The summed E-state index contributed by atoms with van der Waals surface area (Å²) in [6, 6.07) is 0. The molecule has 0 saturated heterocycles. The van der Waals surface area contributed by atoms with Gasteiger partial charge in [-0.15, -0.1) is 0 Å². The van der Waals surface area contributed by atoms with Gasteiger partial charge in [-0.2, -0.15) is 0 Å². The van der Waals surface area contributed by atoms with Gasteiger partial charge in [0.2, 0.25) is 0 Å². The summed E-state index contributed by atoms with van der Waals surface area (Å²) in [7, 11) is -1.71. The van der Waals surface area contributed by atoms with Gasteiger partial charge in [0, 0.05) is 0 Å². The molecule has 1 aliphatic rings. The van der Waals surface area contributed by atoms with Gasteiger partial charge < -0.3 is 0 Å². The van der Waals surface area contributed by atoms with Gasteiger partial charge in [0.15, 0.2) is 0 Å². The van der Waals surface area contributed by atoms with Gasteiger partial charge >= 0.3 is 0 Å². The molecule has 0 bridgehead atoms. The monoisotopic (exact) mass is 170 g/mol. The smallest absolute Gasteiger partial charge is 0.0912 e. The fraction of sp³-hybridized carbons (Fsp3) is 0.750. The molecule has 10 heavy (non-hydrogen) atoms. The molecule has 0 aromatic heterocycles. The van der Waals surface area contributed by atoms with Crippen LogP contribution in [-0.2, 0) is 0 Å². The van der Waals surface area contributed by atoms with E-state index in [1.807, 2.05) is 4.82 Å². The first kappa shape index (κ1) is 8.27. The Balaban J connectivity index is 2.82. The van der Waals surface area contributed by atoms with Crippen LogP contribution in [0.3, 0.4) is 0 Å². The molecule has 0 atom stereocenters. The fourth-order valence-corrected chi connectivity index (χ4v) is 15.3. The molecule has 0 spiro atoms. The Morgan fingerprint density at radius 1 is 1.10 bits per heavy atom. The van der Waals surface area contributed by atoms with Crippen molar-refractivity contribution in [3.63, 3.8) is 0 Å². The summed E-state index contributed by atoms with van der Waals surface area (Å²) in [6.07, 6.45) is 0. The van der Waals surface area contributed by atoms with Crippen molar-refractivity contribution in [2.75, 3.05) is 0 Å². The Hall–Kier alpha value is 0.174. The molecule has 58 valence electrons. The minimum absolute atomic E-state index is 0.834. The zero-order valence-electron chi connectivity index (χ0n) is 8.00.